The van der Waals surface area contributed by atoms with E-state index in [1.165, 1.54) is 0 Å². The molecule has 0 aliphatic heterocycles. The van der Waals surface area contributed by atoms with Crippen LogP contribution in [0.25, 0.3) is 0 Å². The molecule has 0 aliphatic carbocycles. The molecule has 0 saturated heterocycles. The molecule has 0 unspecified atom stereocenters. The molecule has 0 saturated carbocycles. The van der Waals surface area contributed by atoms with Crippen LogP contribution in [0.4, 0.5) is 0 Å². The number of hydrogen-bond acceptors (Lipinski definition) is 0. The zero-order valence-electron chi connectivity index (χ0n) is 1.43. The Morgan fingerprint density at radius 3 is 1.00 bits per heavy atom. The molecule has 2 N–H and O–H groups in total. The van der Waals surface area contributed by atoms with Crippen molar-refractivity contribution in [1.29, 1.82) is 0 Å². The molecule has 0 fully saturated rings. The molecule has 1 nitrogen and oxygen atoms in total. The van der Waals surface area contributed by atoms with E-state index in [0.29, 0.717) is 0 Å². The monoisotopic (exact) mass is 353 g/mol. The molecule has 0 aromatic rings. The molecular weight excluding hydrogens is 348 g/mol. The van der Waals surface area contributed by atoms with Crippen LogP contribution in [0.5, 0.6) is 0 Å². The molecule has 23 valence electrons. The molecule has 0 spiro atoms. The van der Waals surface area contributed by atoms with Crippen LogP contribution in [0.15, 0.2) is 0 Å². The summed E-state index contributed by atoms with van der Waals surface area (Å²) in [4.78, 5) is 0. The van der Waals surface area contributed by atoms with Gasteiger partial charge in [-0.3, -0.25) is 0 Å². The van der Waals surface area contributed by atoms with Gasteiger partial charge in [0, 0.05) is 52.7 Å². The Kier molecular flexibility index (Phi) is 109. The average molecular weight is 352 g/mol. The molecule has 0 rings (SSSR count). The van der Waals surface area contributed by atoms with Crippen molar-refractivity contribution >= 4 is 48.9 Å². The Bertz CT molecular complexity index is 8.00. The third-order valence-electron chi connectivity index (χ3n) is 0. The van der Waals surface area contributed by atoms with E-state index in [1.807, 2.05) is 0 Å². The van der Waals surface area contributed by atoms with Crippen LogP contribution >= 0.6 is 0 Å². The van der Waals surface area contributed by atoms with Crippen molar-refractivity contribution in [2.45, 2.75) is 0 Å². The molecular formula is H4BaFeLaO. The Labute approximate surface area is 104 Å². The van der Waals surface area contributed by atoms with E-state index in [4.69, 9.17) is 0 Å². The van der Waals surface area contributed by atoms with Gasteiger partial charge in [0.25, 0.3) is 0 Å². The minimum Gasteiger partial charge on any atom is 0 e. The van der Waals surface area contributed by atoms with Gasteiger partial charge in [-0.2, -0.15) is 0 Å². The Morgan fingerprint density at radius 2 is 1.00 bits per heavy atom. The van der Waals surface area contributed by atoms with Gasteiger partial charge in [0.1, 0.15) is 0 Å². The van der Waals surface area contributed by atoms with Crippen molar-refractivity contribution in [2.75, 3.05) is 0 Å². The number of hydrogen-bond donors (Lipinski definition) is 0. The average Bonchev–Trinajstić information content (AvgIpc) is 0. The zero-order valence-corrected chi connectivity index (χ0v) is 6.16. The van der Waals surface area contributed by atoms with Gasteiger partial charge in [0.05, 0.1) is 0 Å². The zero-order chi connectivity index (χ0) is 0. The van der Waals surface area contributed by atoms with Gasteiger partial charge in [-0.15, -0.1) is 0 Å². The normalized spacial score (nSPS) is 0. The molecule has 0 heterocycles. The summed E-state index contributed by atoms with van der Waals surface area (Å²) < 4.78 is 0. The maximum Gasteiger partial charge on any atom is 0 e. The molecule has 0 atom stereocenters. The summed E-state index contributed by atoms with van der Waals surface area (Å²) in [6, 6.07) is 0. The third kappa shape index (κ3) is 8.98. The van der Waals surface area contributed by atoms with E-state index in [9.17, 15) is 0 Å². The minimum atomic E-state index is 0. The van der Waals surface area contributed by atoms with Crippen molar-refractivity contribution in [2.24, 2.45) is 0 Å². The Morgan fingerprint density at radius 1 is 1.00 bits per heavy atom. The van der Waals surface area contributed by atoms with E-state index in [0.717, 1.165) is 0 Å². The van der Waals surface area contributed by atoms with Gasteiger partial charge in [-0.25, -0.2) is 0 Å². The van der Waals surface area contributed by atoms with Gasteiger partial charge < -0.3 is 5.48 Å². The van der Waals surface area contributed by atoms with Crippen molar-refractivity contribution in [3.8, 4) is 0 Å². The van der Waals surface area contributed by atoms with Gasteiger partial charge >= 0.3 is 48.9 Å². The van der Waals surface area contributed by atoms with Crippen LogP contribution in [0.1, 0.15) is 0 Å². The van der Waals surface area contributed by atoms with Gasteiger partial charge in [-0.05, 0) is 0 Å². The fraction of sp³-hybridized carbons (Fsp3) is 0. The van der Waals surface area contributed by atoms with E-state index in [-0.39, 0.29) is 107 Å². The quantitative estimate of drug-likeness (QED) is 0.464. The maximum absolute atomic E-state index is 0. The molecule has 1 radical (unpaired) electrons. The summed E-state index contributed by atoms with van der Waals surface area (Å²) in [6.07, 6.45) is 0. The first-order valence-electron chi connectivity index (χ1n) is 0. The molecule has 4 heavy (non-hydrogen) atoms. The second-order valence-electron chi connectivity index (χ2n) is 0. The molecule has 4 heteroatoms. The van der Waals surface area contributed by atoms with Crippen LogP contribution in [0.3, 0.4) is 0 Å². The molecule has 0 aromatic carbocycles. The Balaban J connectivity index is 0. The molecule has 0 aromatic heterocycles. The summed E-state index contributed by atoms with van der Waals surface area (Å²) in [5.74, 6) is 0. The molecule has 0 amide bonds. The van der Waals surface area contributed by atoms with Crippen molar-refractivity contribution in [3.05, 3.63) is 0 Å². The van der Waals surface area contributed by atoms with Crippen molar-refractivity contribution in [1.82, 2.24) is 0 Å². The van der Waals surface area contributed by atoms with Crippen molar-refractivity contribution < 1.29 is 58.1 Å². The second kappa shape index (κ2) is 16.3. The predicted molar refractivity (Wildman–Crippen MR) is 12.2 cm³/mol. The summed E-state index contributed by atoms with van der Waals surface area (Å²) >= 11 is 0. The van der Waals surface area contributed by atoms with Crippen molar-refractivity contribution in [3.63, 3.8) is 0 Å². The van der Waals surface area contributed by atoms with Crippen LogP contribution in [-0.4, -0.2) is 54.4 Å². The second-order valence-corrected chi connectivity index (χ2v) is 0. The summed E-state index contributed by atoms with van der Waals surface area (Å²) in [5, 5.41) is 0. The molecule has 0 bridgehead atoms. The Hall–Kier alpha value is 3.25. The first-order chi connectivity index (χ1) is 0. The molecule has 0 aliphatic rings. The van der Waals surface area contributed by atoms with Gasteiger partial charge in [-0.1, -0.05) is 0 Å². The number of rotatable bonds is 0. The van der Waals surface area contributed by atoms with Gasteiger partial charge in [0.15, 0.2) is 0 Å². The first-order valence-corrected chi connectivity index (χ1v) is 0. The standard InChI is InChI=1S/Ba.Fe.La.H2O.2H/h;;;1H2;;. The first kappa shape index (κ1) is 26.8. The van der Waals surface area contributed by atoms with Gasteiger partial charge in [0.2, 0.25) is 0 Å². The maximum atomic E-state index is 0. The van der Waals surface area contributed by atoms with E-state index >= 15 is 0 Å². The fourth-order valence-corrected chi connectivity index (χ4v) is 0. The largest absolute Gasteiger partial charge is 0 e. The predicted octanol–water partition coefficient (Wildman–Crippen LogP) is -1.74. The topological polar surface area (TPSA) is 31.5 Å². The van der Waals surface area contributed by atoms with Crippen LogP contribution in [0, 0.1) is 35.6 Å². The minimum absolute atomic E-state index is 0. The summed E-state index contributed by atoms with van der Waals surface area (Å²) in [5.41, 5.74) is 0. The summed E-state index contributed by atoms with van der Waals surface area (Å²) in [6.45, 7) is 0. The fourth-order valence-electron chi connectivity index (χ4n) is 0. The van der Waals surface area contributed by atoms with E-state index in [1.54, 1.807) is 0 Å². The van der Waals surface area contributed by atoms with Crippen LogP contribution in [-0.2, 0) is 17.1 Å². The van der Waals surface area contributed by atoms with Crippen LogP contribution < -0.4 is 0 Å². The smallest absolute Gasteiger partial charge is 0 e. The SMILES string of the molecule is O.[BaH2].[Fe].[La]. The van der Waals surface area contributed by atoms with E-state index in [2.05, 4.69) is 0 Å². The van der Waals surface area contributed by atoms with E-state index < -0.39 is 0 Å². The third-order valence-corrected chi connectivity index (χ3v) is 0. The van der Waals surface area contributed by atoms with Crippen LogP contribution in [0.2, 0.25) is 0 Å². The summed E-state index contributed by atoms with van der Waals surface area (Å²) in [7, 11) is 0.